The van der Waals surface area contributed by atoms with Gasteiger partial charge in [-0.1, -0.05) is 25.1 Å². The van der Waals surface area contributed by atoms with Crippen LogP contribution in [0.25, 0.3) is 10.2 Å². The van der Waals surface area contributed by atoms with Crippen molar-refractivity contribution < 1.29 is 9.53 Å². The molecule has 7 heteroatoms. The van der Waals surface area contributed by atoms with Gasteiger partial charge >= 0.3 is 0 Å². The summed E-state index contributed by atoms with van der Waals surface area (Å²) in [7, 11) is 0. The van der Waals surface area contributed by atoms with Gasteiger partial charge in [-0.2, -0.15) is 0 Å². The van der Waals surface area contributed by atoms with E-state index in [1.54, 1.807) is 11.3 Å². The lowest BCUT2D eigenvalue weighted by Gasteiger charge is -2.35. The second-order valence-electron chi connectivity index (χ2n) is 7.51. The highest BCUT2D eigenvalue weighted by Gasteiger charge is 2.24. The van der Waals surface area contributed by atoms with E-state index < -0.39 is 0 Å². The van der Waals surface area contributed by atoms with Crippen LogP contribution in [-0.2, 0) is 11.2 Å². The number of amides is 1. The van der Waals surface area contributed by atoms with Crippen LogP contribution < -0.4 is 9.64 Å². The molecule has 0 atom stereocenters. The highest BCUT2D eigenvalue weighted by Crippen LogP contribution is 2.31. The van der Waals surface area contributed by atoms with E-state index >= 15 is 0 Å². The molecule has 30 heavy (non-hydrogen) atoms. The van der Waals surface area contributed by atoms with Crippen molar-refractivity contribution in [2.24, 2.45) is 0 Å². The predicted molar refractivity (Wildman–Crippen MR) is 121 cm³/mol. The Hall–Kier alpha value is -2.67. The van der Waals surface area contributed by atoms with Crippen LogP contribution in [0.5, 0.6) is 5.75 Å². The maximum Gasteiger partial charge on any atom is 0.222 e. The van der Waals surface area contributed by atoms with Gasteiger partial charge < -0.3 is 14.5 Å². The van der Waals surface area contributed by atoms with Crippen molar-refractivity contribution in [3.05, 3.63) is 47.1 Å². The van der Waals surface area contributed by atoms with E-state index in [2.05, 4.69) is 22.9 Å². The van der Waals surface area contributed by atoms with E-state index in [-0.39, 0.29) is 5.91 Å². The molecular formula is C23H28N4O2S. The number of rotatable bonds is 7. The number of anilines is 1. The number of thiophene rings is 1. The molecule has 1 saturated heterocycles. The number of ether oxygens (including phenoxy) is 1. The van der Waals surface area contributed by atoms with Gasteiger partial charge in [0.1, 0.15) is 22.2 Å². The van der Waals surface area contributed by atoms with Crippen LogP contribution in [0.15, 0.2) is 36.4 Å². The van der Waals surface area contributed by atoms with Gasteiger partial charge in [0.15, 0.2) is 0 Å². The average Bonchev–Trinajstić information content (AvgIpc) is 3.20. The third kappa shape index (κ3) is 4.73. The highest BCUT2D eigenvalue weighted by molar-refractivity contribution is 7.18. The summed E-state index contributed by atoms with van der Waals surface area (Å²) in [6.07, 6.45) is 2.26. The van der Waals surface area contributed by atoms with Gasteiger partial charge in [0.25, 0.3) is 0 Å². The van der Waals surface area contributed by atoms with E-state index in [1.165, 1.54) is 4.88 Å². The van der Waals surface area contributed by atoms with Crippen molar-refractivity contribution in [2.45, 2.75) is 33.1 Å². The molecule has 4 rings (SSSR count). The zero-order valence-electron chi connectivity index (χ0n) is 17.6. The van der Waals surface area contributed by atoms with E-state index in [0.29, 0.717) is 13.0 Å². The fraction of sp³-hybridized carbons (Fsp3) is 0.435. The summed E-state index contributed by atoms with van der Waals surface area (Å²) >= 11 is 1.75. The number of hydrogen-bond donors (Lipinski definition) is 0. The molecule has 0 unspecified atom stereocenters. The monoisotopic (exact) mass is 424 g/mol. The number of hydrogen-bond acceptors (Lipinski definition) is 6. The molecule has 1 aromatic carbocycles. The molecule has 0 saturated carbocycles. The third-order valence-corrected chi connectivity index (χ3v) is 6.54. The summed E-state index contributed by atoms with van der Waals surface area (Å²) in [6, 6.07) is 12.0. The summed E-state index contributed by atoms with van der Waals surface area (Å²) in [6.45, 7) is 7.74. The van der Waals surface area contributed by atoms with Gasteiger partial charge in [0.05, 0.1) is 12.0 Å². The summed E-state index contributed by atoms with van der Waals surface area (Å²) in [5, 5.41) is 1.14. The second kappa shape index (κ2) is 9.43. The van der Waals surface area contributed by atoms with Gasteiger partial charge in [0, 0.05) is 37.5 Å². The van der Waals surface area contributed by atoms with Crippen molar-refractivity contribution in [1.29, 1.82) is 0 Å². The third-order valence-electron chi connectivity index (χ3n) is 5.36. The number of piperazine rings is 1. The topological polar surface area (TPSA) is 58.6 Å². The number of fused-ring (bicyclic) bond motifs is 1. The van der Waals surface area contributed by atoms with Crippen LogP contribution in [0.4, 0.5) is 5.82 Å². The Morgan fingerprint density at radius 2 is 1.90 bits per heavy atom. The summed E-state index contributed by atoms with van der Waals surface area (Å²) in [4.78, 5) is 28.6. The molecule has 0 aliphatic carbocycles. The Bertz CT molecular complexity index is 997. The maximum atomic E-state index is 12.6. The van der Waals surface area contributed by atoms with E-state index in [0.717, 1.165) is 66.6 Å². The van der Waals surface area contributed by atoms with Crippen LogP contribution >= 0.6 is 11.3 Å². The molecule has 3 heterocycles. The fourth-order valence-corrected chi connectivity index (χ4v) is 4.74. The molecule has 6 nitrogen and oxygen atoms in total. The minimum absolute atomic E-state index is 0.208. The lowest BCUT2D eigenvalue weighted by Crippen LogP contribution is -2.49. The molecule has 2 aromatic heterocycles. The zero-order valence-corrected chi connectivity index (χ0v) is 18.5. The molecule has 0 radical (unpaired) electrons. The van der Waals surface area contributed by atoms with Crippen molar-refractivity contribution in [3.63, 3.8) is 0 Å². The molecule has 1 aliphatic rings. The maximum absolute atomic E-state index is 12.6. The van der Waals surface area contributed by atoms with Crippen LogP contribution in [0.2, 0.25) is 0 Å². The molecule has 3 aromatic rings. The first-order valence-corrected chi connectivity index (χ1v) is 11.4. The zero-order chi connectivity index (χ0) is 20.9. The Labute approximate surface area is 181 Å². The number of carbonyl (C=O) groups is 1. The number of benzene rings is 1. The smallest absolute Gasteiger partial charge is 0.222 e. The van der Waals surface area contributed by atoms with Crippen molar-refractivity contribution in [2.75, 3.05) is 37.7 Å². The Balaban J connectivity index is 1.30. The van der Waals surface area contributed by atoms with Gasteiger partial charge in [-0.15, -0.1) is 11.3 Å². The normalized spacial score (nSPS) is 14.3. The second-order valence-corrected chi connectivity index (χ2v) is 8.63. The molecule has 1 fully saturated rings. The van der Waals surface area contributed by atoms with Crippen LogP contribution in [0.1, 0.15) is 30.5 Å². The SMILES string of the molecule is CCc1cc2c(N3CCN(C(=O)CCCOc4ccccc4)CC3)nc(C)nc2s1. The Kier molecular flexibility index (Phi) is 6.47. The number of carbonyl (C=O) groups excluding carboxylic acids is 1. The number of nitrogens with zero attached hydrogens (tertiary/aromatic N) is 4. The van der Waals surface area contributed by atoms with Crippen molar-refractivity contribution in [3.8, 4) is 5.75 Å². The Morgan fingerprint density at radius 3 is 2.63 bits per heavy atom. The average molecular weight is 425 g/mol. The largest absolute Gasteiger partial charge is 0.494 e. The van der Waals surface area contributed by atoms with E-state index in [9.17, 15) is 4.79 Å². The molecule has 0 bridgehead atoms. The first kappa shape index (κ1) is 20.6. The number of aryl methyl sites for hydroxylation is 2. The van der Waals surface area contributed by atoms with Crippen molar-refractivity contribution in [1.82, 2.24) is 14.9 Å². The lowest BCUT2D eigenvalue weighted by atomic mass is 10.2. The predicted octanol–water partition coefficient (Wildman–Crippen LogP) is 4.07. The summed E-state index contributed by atoms with van der Waals surface area (Å²) in [5.41, 5.74) is 0. The molecule has 158 valence electrons. The van der Waals surface area contributed by atoms with Crippen LogP contribution in [-0.4, -0.2) is 53.6 Å². The van der Waals surface area contributed by atoms with E-state index in [4.69, 9.17) is 9.72 Å². The molecule has 0 N–H and O–H groups in total. The number of aromatic nitrogens is 2. The highest BCUT2D eigenvalue weighted by atomic mass is 32.1. The van der Waals surface area contributed by atoms with Gasteiger partial charge in [-0.25, -0.2) is 9.97 Å². The van der Waals surface area contributed by atoms with Gasteiger partial charge in [0.2, 0.25) is 5.91 Å². The standard InChI is InChI=1S/C23H28N4O2S/c1-3-19-16-20-22(24-17(2)25-23(20)30-19)27-13-11-26(12-14-27)21(28)10-7-15-29-18-8-5-4-6-9-18/h4-6,8-9,16H,3,7,10-15H2,1-2H3. The first-order chi connectivity index (χ1) is 14.6. The summed E-state index contributed by atoms with van der Waals surface area (Å²) in [5.74, 6) is 2.87. The van der Waals surface area contributed by atoms with Crippen molar-refractivity contribution >= 4 is 33.3 Å². The molecule has 1 amide bonds. The van der Waals surface area contributed by atoms with Gasteiger partial charge in [-0.3, -0.25) is 4.79 Å². The van der Waals surface area contributed by atoms with E-state index in [1.807, 2.05) is 42.2 Å². The fourth-order valence-electron chi connectivity index (χ4n) is 3.73. The Morgan fingerprint density at radius 1 is 1.13 bits per heavy atom. The van der Waals surface area contributed by atoms with Crippen LogP contribution in [0.3, 0.4) is 0 Å². The molecule has 1 aliphatic heterocycles. The molecule has 0 spiro atoms. The van der Waals surface area contributed by atoms with Gasteiger partial charge in [-0.05, 0) is 38.0 Å². The minimum atomic E-state index is 0.208. The van der Waals surface area contributed by atoms with Crippen LogP contribution in [0, 0.1) is 6.92 Å². The summed E-state index contributed by atoms with van der Waals surface area (Å²) < 4.78 is 5.69. The quantitative estimate of drug-likeness (QED) is 0.535. The minimum Gasteiger partial charge on any atom is -0.494 e. The lowest BCUT2D eigenvalue weighted by molar-refractivity contribution is -0.131. The number of para-hydroxylation sites is 1. The molecular weight excluding hydrogens is 396 g/mol. The first-order valence-electron chi connectivity index (χ1n) is 10.6.